The van der Waals surface area contributed by atoms with Gasteiger partial charge in [-0.3, -0.25) is 9.97 Å². The topological polar surface area (TPSA) is 72.8 Å². The first kappa shape index (κ1) is 22.6. The Labute approximate surface area is 204 Å². The van der Waals surface area contributed by atoms with Crippen LogP contribution in [-0.2, 0) is 0 Å². The van der Waals surface area contributed by atoms with Crippen LogP contribution < -0.4 is 10.1 Å². The third-order valence-corrected chi connectivity index (χ3v) is 5.75. The monoisotopic (exact) mass is 489 g/mol. The Hall–Kier alpha value is -4.17. The van der Waals surface area contributed by atoms with E-state index in [4.69, 9.17) is 16.3 Å². The van der Waals surface area contributed by atoms with Crippen molar-refractivity contribution in [2.24, 2.45) is 0 Å². The lowest BCUT2D eigenvalue weighted by molar-refractivity contribution is 0.413. The summed E-state index contributed by atoms with van der Waals surface area (Å²) >= 11 is 6.23. The van der Waals surface area contributed by atoms with Gasteiger partial charge in [-0.2, -0.15) is 0 Å². The maximum absolute atomic E-state index is 15.1. The van der Waals surface area contributed by atoms with Gasteiger partial charge >= 0.3 is 0 Å². The van der Waals surface area contributed by atoms with Crippen LogP contribution in [0.15, 0.2) is 67.3 Å². The molecule has 0 aliphatic rings. The van der Waals surface area contributed by atoms with E-state index in [1.54, 1.807) is 63.1 Å². The number of ether oxygens (including phenoxy) is 1. The summed E-state index contributed by atoms with van der Waals surface area (Å²) in [4.78, 5) is 17.3. The van der Waals surface area contributed by atoms with Crippen molar-refractivity contribution in [1.82, 2.24) is 19.9 Å². The van der Waals surface area contributed by atoms with Crippen LogP contribution in [0.2, 0.25) is 5.15 Å². The van der Waals surface area contributed by atoms with Gasteiger partial charge in [0.15, 0.2) is 0 Å². The predicted octanol–water partition coefficient (Wildman–Crippen LogP) is 6.75. The lowest BCUT2D eigenvalue weighted by atomic mass is 10.0. The molecule has 0 unspecified atom stereocenters. The molecule has 1 aromatic carbocycles. The third kappa shape index (κ3) is 4.36. The molecule has 0 bridgehead atoms. The first-order valence-corrected chi connectivity index (χ1v) is 10.9. The van der Waals surface area contributed by atoms with E-state index in [1.807, 2.05) is 6.07 Å². The number of pyridine rings is 4. The predicted molar refractivity (Wildman–Crippen MR) is 132 cm³/mol. The van der Waals surface area contributed by atoms with Gasteiger partial charge in [0, 0.05) is 47.4 Å². The molecule has 0 saturated heterocycles. The molecule has 0 aliphatic heterocycles. The van der Waals surface area contributed by atoms with E-state index in [0.29, 0.717) is 45.2 Å². The summed E-state index contributed by atoms with van der Waals surface area (Å²) in [6.45, 7) is 1.80. The smallest absolute Gasteiger partial charge is 0.137 e. The molecule has 5 aromatic rings. The van der Waals surface area contributed by atoms with E-state index in [2.05, 4.69) is 25.3 Å². The highest BCUT2D eigenvalue weighted by molar-refractivity contribution is 6.29. The second kappa shape index (κ2) is 9.23. The number of nitrogens with one attached hydrogen (secondary N) is 1. The van der Waals surface area contributed by atoms with Crippen molar-refractivity contribution in [2.75, 3.05) is 12.4 Å². The first-order chi connectivity index (χ1) is 16.9. The maximum atomic E-state index is 15.1. The number of hydrogen-bond donors (Lipinski definition) is 1. The van der Waals surface area contributed by atoms with Crippen molar-refractivity contribution in [3.63, 3.8) is 0 Å². The van der Waals surface area contributed by atoms with Crippen LogP contribution >= 0.6 is 11.6 Å². The van der Waals surface area contributed by atoms with Crippen molar-refractivity contribution in [3.8, 4) is 28.3 Å². The Kier molecular flexibility index (Phi) is 5.96. The second-order valence-electron chi connectivity index (χ2n) is 7.75. The van der Waals surface area contributed by atoms with Crippen molar-refractivity contribution < 1.29 is 13.5 Å². The summed E-state index contributed by atoms with van der Waals surface area (Å²) in [5, 5.41) is 3.69. The molecular weight excluding hydrogens is 472 g/mol. The van der Waals surface area contributed by atoms with Gasteiger partial charge in [0.1, 0.15) is 22.5 Å². The number of anilines is 2. The van der Waals surface area contributed by atoms with Crippen LogP contribution in [0, 0.1) is 18.6 Å². The molecule has 0 fully saturated rings. The van der Waals surface area contributed by atoms with E-state index < -0.39 is 11.6 Å². The molecule has 0 spiro atoms. The van der Waals surface area contributed by atoms with Crippen molar-refractivity contribution in [2.45, 2.75) is 6.92 Å². The highest BCUT2D eigenvalue weighted by Crippen LogP contribution is 2.39. The fraction of sp³-hybridized carbons (Fsp3) is 0.0769. The van der Waals surface area contributed by atoms with E-state index in [-0.39, 0.29) is 16.1 Å². The number of hydrogen-bond acceptors (Lipinski definition) is 6. The van der Waals surface area contributed by atoms with Gasteiger partial charge in [0.2, 0.25) is 0 Å². The Morgan fingerprint density at radius 1 is 1.00 bits per heavy atom. The standard InChI is InChI=1S/C26H18ClF2N5O/c1-14-25(20-5-3-4-6-31-20)34-22-9-16(28)8-19(29)24(22)26(14)33-21-10-23(27)32-13-18(21)15-7-17(35-2)12-30-11-15/h3-13H,1-2H3,(H,32,33,34). The van der Waals surface area contributed by atoms with E-state index in [0.717, 1.165) is 6.07 Å². The molecule has 0 amide bonds. The number of fused-ring (bicyclic) bond motifs is 1. The van der Waals surface area contributed by atoms with Gasteiger partial charge in [0.25, 0.3) is 0 Å². The summed E-state index contributed by atoms with van der Waals surface area (Å²) in [7, 11) is 1.55. The molecule has 1 N–H and O–H groups in total. The minimum atomic E-state index is -0.740. The quantitative estimate of drug-likeness (QED) is 0.275. The summed E-state index contributed by atoms with van der Waals surface area (Å²) in [6, 6.07) is 10.9. The maximum Gasteiger partial charge on any atom is 0.137 e. The van der Waals surface area contributed by atoms with Gasteiger partial charge in [-0.15, -0.1) is 0 Å². The van der Waals surface area contributed by atoms with Crippen LogP contribution in [0.25, 0.3) is 33.4 Å². The van der Waals surface area contributed by atoms with Crippen LogP contribution in [0.4, 0.5) is 20.2 Å². The van der Waals surface area contributed by atoms with E-state index in [1.165, 1.54) is 6.07 Å². The van der Waals surface area contributed by atoms with Gasteiger partial charge in [-0.05, 0) is 31.2 Å². The molecule has 4 aromatic heterocycles. The van der Waals surface area contributed by atoms with E-state index in [9.17, 15) is 4.39 Å². The molecule has 0 aliphatic carbocycles. The largest absolute Gasteiger partial charge is 0.495 e. The first-order valence-electron chi connectivity index (χ1n) is 10.6. The van der Waals surface area contributed by atoms with Crippen LogP contribution in [0.1, 0.15) is 5.56 Å². The second-order valence-corrected chi connectivity index (χ2v) is 8.14. The average Bonchev–Trinajstić information content (AvgIpc) is 2.86. The minimum absolute atomic E-state index is 0.145. The molecular formula is C26H18ClF2N5O. The lowest BCUT2D eigenvalue weighted by Crippen LogP contribution is -2.03. The summed E-state index contributed by atoms with van der Waals surface area (Å²) in [6.07, 6.45) is 6.47. The van der Waals surface area contributed by atoms with Crippen LogP contribution in [0.3, 0.4) is 0 Å². The van der Waals surface area contributed by atoms with E-state index >= 15 is 4.39 Å². The molecule has 9 heteroatoms. The summed E-state index contributed by atoms with van der Waals surface area (Å²) in [5.74, 6) is -0.900. The van der Waals surface area contributed by atoms with Gasteiger partial charge in [-0.25, -0.2) is 18.7 Å². The Bertz CT molecular complexity index is 1560. The van der Waals surface area contributed by atoms with Crippen molar-refractivity contribution >= 4 is 33.9 Å². The number of nitrogens with zero attached hydrogens (tertiary/aromatic N) is 4. The van der Waals surface area contributed by atoms with Gasteiger partial charge in [-0.1, -0.05) is 17.7 Å². The average molecular weight is 490 g/mol. The Morgan fingerprint density at radius 2 is 1.86 bits per heavy atom. The highest BCUT2D eigenvalue weighted by Gasteiger charge is 2.20. The lowest BCUT2D eigenvalue weighted by Gasteiger charge is -2.19. The summed E-state index contributed by atoms with van der Waals surface area (Å²) in [5.41, 5.74) is 4.18. The molecule has 4 heterocycles. The third-order valence-electron chi connectivity index (χ3n) is 5.54. The van der Waals surface area contributed by atoms with Gasteiger partial charge < -0.3 is 10.1 Å². The van der Waals surface area contributed by atoms with Crippen molar-refractivity contribution in [1.29, 1.82) is 0 Å². The zero-order valence-electron chi connectivity index (χ0n) is 18.7. The number of aromatic nitrogens is 4. The number of methoxy groups -OCH3 is 1. The fourth-order valence-electron chi connectivity index (χ4n) is 3.89. The molecule has 5 rings (SSSR count). The van der Waals surface area contributed by atoms with Gasteiger partial charge in [0.05, 0.1) is 47.0 Å². The Morgan fingerprint density at radius 3 is 2.63 bits per heavy atom. The highest BCUT2D eigenvalue weighted by atomic mass is 35.5. The molecule has 0 atom stereocenters. The zero-order chi connectivity index (χ0) is 24.5. The fourth-order valence-corrected chi connectivity index (χ4v) is 4.05. The van der Waals surface area contributed by atoms with Crippen LogP contribution in [0.5, 0.6) is 5.75 Å². The number of benzene rings is 1. The molecule has 0 radical (unpaired) electrons. The van der Waals surface area contributed by atoms with Crippen LogP contribution in [-0.4, -0.2) is 27.0 Å². The summed E-state index contributed by atoms with van der Waals surface area (Å²) < 4.78 is 34.6. The molecule has 174 valence electrons. The van der Waals surface area contributed by atoms with Crippen molar-refractivity contribution in [3.05, 3.63) is 89.6 Å². The minimum Gasteiger partial charge on any atom is -0.495 e. The number of halogens is 3. The SMILES string of the molecule is COc1cncc(-c2cnc(Cl)cc2Nc2c(C)c(-c3ccccn3)nc3cc(F)cc(F)c23)c1. The Balaban J connectivity index is 1.75. The zero-order valence-corrected chi connectivity index (χ0v) is 19.4. The molecule has 0 saturated carbocycles. The normalized spacial score (nSPS) is 11.0. The molecule has 35 heavy (non-hydrogen) atoms. The number of rotatable bonds is 5. The molecule has 6 nitrogen and oxygen atoms in total.